The van der Waals surface area contributed by atoms with Crippen LogP contribution in [0.3, 0.4) is 0 Å². The fraction of sp³-hybridized carbons (Fsp3) is 0.556. The summed E-state index contributed by atoms with van der Waals surface area (Å²) in [4.78, 5) is 26.6. The lowest BCUT2D eigenvalue weighted by Crippen LogP contribution is -2.64. The molecule has 2 amide bonds. The minimum absolute atomic E-state index is 0. The summed E-state index contributed by atoms with van der Waals surface area (Å²) < 4.78 is 0. The third-order valence-corrected chi connectivity index (χ3v) is 4.98. The fourth-order valence-electron chi connectivity index (χ4n) is 4.12. The van der Waals surface area contributed by atoms with Gasteiger partial charge in [-0.1, -0.05) is 25.1 Å². The average molecular weight is 354 g/mol. The van der Waals surface area contributed by atoms with Crippen LogP contribution in [0.2, 0.25) is 0 Å². The maximum Gasteiger partial charge on any atom is 0.242 e. The largest absolute Gasteiger partial charge is 0.368 e. The summed E-state index contributed by atoms with van der Waals surface area (Å²) in [5.41, 5.74) is 13.6. The molecule has 2 atom stereocenters. The Bertz CT molecular complexity index is 600. The van der Waals surface area contributed by atoms with Crippen molar-refractivity contribution in [2.75, 3.05) is 6.54 Å². The first-order valence-corrected chi connectivity index (χ1v) is 8.29. The summed E-state index contributed by atoms with van der Waals surface area (Å²) in [6, 6.07) is 5.51. The van der Waals surface area contributed by atoms with Gasteiger partial charge in [0.05, 0.1) is 6.04 Å². The fourth-order valence-corrected chi connectivity index (χ4v) is 4.12. The number of rotatable bonds is 5. The predicted octanol–water partition coefficient (Wildman–Crippen LogP) is 2.16. The SMILES string of the molecule is CCCN1C(C(N)=O)CCCC1(C(N)=O)c1c(C)cccc1C.Cl. The van der Waals surface area contributed by atoms with Crippen molar-refractivity contribution in [3.05, 3.63) is 34.9 Å². The van der Waals surface area contributed by atoms with Crippen molar-refractivity contribution in [3.8, 4) is 0 Å². The van der Waals surface area contributed by atoms with Gasteiger partial charge in [-0.05, 0) is 56.2 Å². The van der Waals surface area contributed by atoms with Crippen LogP contribution >= 0.6 is 12.4 Å². The summed E-state index contributed by atoms with van der Waals surface area (Å²) in [6.45, 7) is 6.63. The Morgan fingerprint density at radius 2 is 1.83 bits per heavy atom. The Balaban J connectivity index is 0.00000288. The lowest BCUT2D eigenvalue weighted by Gasteiger charge is -2.49. The highest BCUT2D eigenvalue weighted by molar-refractivity contribution is 5.89. The van der Waals surface area contributed by atoms with E-state index in [1.54, 1.807) is 0 Å². The number of halogens is 1. The monoisotopic (exact) mass is 353 g/mol. The van der Waals surface area contributed by atoms with E-state index in [0.29, 0.717) is 19.4 Å². The van der Waals surface area contributed by atoms with Gasteiger partial charge in [0.15, 0.2) is 0 Å². The summed E-state index contributed by atoms with van der Waals surface area (Å²) in [5, 5.41) is 0. The molecule has 24 heavy (non-hydrogen) atoms. The number of carbonyl (C=O) groups excluding carboxylic acids is 2. The molecule has 4 N–H and O–H groups in total. The number of hydrogen-bond acceptors (Lipinski definition) is 3. The second kappa shape index (κ2) is 7.99. The normalized spacial score (nSPS) is 24.2. The van der Waals surface area contributed by atoms with E-state index in [1.165, 1.54) is 0 Å². The number of nitrogens with zero attached hydrogens (tertiary/aromatic N) is 1. The van der Waals surface area contributed by atoms with Crippen molar-refractivity contribution in [3.63, 3.8) is 0 Å². The van der Waals surface area contributed by atoms with E-state index >= 15 is 0 Å². The Morgan fingerprint density at radius 3 is 2.29 bits per heavy atom. The van der Waals surface area contributed by atoms with Crippen LogP contribution in [0.4, 0.5) is 0 Å². The maximum absolute atomic E-state index is 12.7. The summed E-state index contributed by atoms with van der Waals surface area (Å²) in [7, 11) is 0. The summed E-state index contributed by atoms with van der Waals surface area (Å²) in [5.74, 6) is -0.774. The van der Waals surface area contributed by atoms with Crippen LogP contribution < -0.4 is 11.5 Å². The highest BCUT2D eigenvalue weighted by Gasteiger charge is 2.51. The average Bonchev–Trinajstić information content (AvgIpc) is 2.48. The first kappa shape index (κ1) is 20.5. The minimum atomic E-state index is -0.955. The molecule has 0 radical (unpaired) electrons. The lowest BCUT2D eigenvalue weighted by molar-refractivity contribution is -0.142. The van der Waals surface area contributed by atoms with E-state index in [4.69, 9.17) is 11.5 Å². The molecule has 0 spiro atoms. The molecule has 6 heteroatoms. The molecular formula is C18H28ClN3O2. The molecule has 134 valence electrons. The maximum atomic E-state index is 12.7. The van der Waals surface area contributed by atoms with Crippen molar-refractivity contribution < 1.29 is 9.59 Å². The van der Waals surface area contributed by atoms with E-state index in [-0.39, 0.29) is 18.3 Å². The summed E-state index contributed by atoms with van der Waals surface area (Å²) >= 11 is 0. The first-order valence-electron chi connectivity index (χ1n) is 8.29. The molecule has 0 aromatic heterocycles. The topological polar surface area (TPSA) is 89.4 Å². The van der Waals surface area contributed by atoms with Crippen molar-refractivity contribution in [2.24, 2.45) is 11.5 Å². The van der Waals surface area contributed by atoms with Crippen LogP contribution in [-0.2, 0) is 15.1 Å². The zero-order valence-corrected chi connectivity index (χ0v) is 15.5. The standard InChI is InChI=1S/C18H27N3O2.ClH/c1-4-11-21-14(16(19)22)9-6-10-18(21,17(20)23)15-12(2)7-5-8-13(15)3;/h5,7-8,14H,4,6,9-11H2,1-3H3,(H2,19,22)(H2,20,23);1H. The molecule has 2 unspecified atom stereocenters. The van der Waals surface area contributed by atoms with Gasteiger partial charge in [0, 0.05) is 6.54 Å². The lowest BCUT2D eigenvalue weighted by atomic mass is 9.74. The van der Waals surface area contributed by atoms with Gasteiger partial charge in [0.2, 0.25) is 11.8 Å². The van der Waals surface area contributed by atoms with Crippen LogP contribution in [0.1, 0.15) is 49.3 Å². The van der Waals surface area contributed by atoms with Crippen LogP contribution in [-0.4, -0.2) is 29.3 Å². The zero-order valence-electron chi connectivity index (χ0n) is 14.7. The van der Waals surface area contributed by atoms with Gasteiger partial charge in [-0.2, -0.15) is 0 Å². The smallest absolute Gasteiger partial charge is 0.242 e. The highest BCUT2D eigenvalue weighted by Crippen LogP contribution is 2.43. The first-order chi connectivity index (χ1) is 10.9. The van der Waals surface area contributed by atoms with Crippen LogP contribution in [0, 0.1) is 13.8 Å². The molecular weight excluding hydrogens is 326 g/mol. The number of likely N-dealkylation sites (tertiary alicyclic amines) is 1. The molecule has 1 aliphatic rings. The van der Waals surface area contributed by atoms with E-state index in [2.05, 4.69) is 0 Å². The van der Waals surface area contributed by atoms with Crippen molar-refractivity contribution >= 4 is 24.2 Å². The number of primary amides is 2. The number of benzene rings is 1. The third-order valence-electron chi connectivity index (χ3n) is 4.98. The van der Waals surface area contributed by atoms with Crippen LogP contribution in [0.5, 0.6) is 0 Å². The second-order valence-electron chi connectivity index (χ2n) is 6.50. The minimum Gasteiger partial charge on any atom is -0.368 e. The quantitative estimate of drug-likeness (QED) is 0.849. The Labute approximate surface area is 150 Å². The molecule has 5 nitrogen and oxygen atoms in total. The molecule has 1 aromatic rings. The van der Waals surface area contributed by atoms with E-state index in [9.17, 15) is 9.59 Å². The van der Waals surface area contributed by atoms with Crippen molar-refractivity contribution in [2.45, 2.75) is 58.0 Å². The van der Waals surface area contributed by atoms with Gasteiger partial charge >= 0.3 is 0 Å². The van der Waals surface area contributed by atoms with Gasteiger partial charge in [-0.15, -0.1) is 12.4 Å². The molecule has 2 rings (SSSR count). The Morgan fingerprint density at radius 1 is 1.25 bits per heavy atom. The van der Waals surface area contributed by atoms with Gasteiger partial charge in [-0.3, -0.25) is 14.5 Å². The molecule has 1 saturated heterocycles. The van der Waals surface area contributed by atoms with Crippen molar-refractivity contribution in [1.82, 2.24) is 4.90 Å². The molecule has 0 aliphatic carbocycles. The number of amides is 2. The number of carbonyl (C=O) groups is 2. The molecule has 1 aliphatic heterocycles. The van der Waals surface area contributed by atoms with Crippen molar-refractivity contribution in [1.29, 1.82) is 0 Å². The zero-order chi connectivity index (χ0) is 17.2. The molecule has 0 bridgehead atoms. The van der Waals surface area contributed by atoms with Gasteiger partial charge in [-0.25, -0.2) is 0 Å². The molecule has 1 aromatic carbocycles. The summed E-state index contributed by atoms with van der Waals surface area (Å²) in [6.07, 6.45) is 2.88. The van der Waals surface area contributed by atoms with Gasteiger partial charge < -0.3 is 11.5 Å². The number of aryl methyl sites for hydroxylation is 2. The van der Waals surface area contributed by atoms with Crippen LogP contribution in [0.15, 0.2) is 18.2 Å². The van der Waals surface area contributed by atoms with E-state index < -0.39 is 17.5 Å². The number of nitrogens with two attached hydrogens (primary N) is 2. The Hall–Kier alpha value is -1.59. The third kappa shape index (κ3) is 3.28. The molecule has 1 heterocycles. The number of hydrogen-bond donors (Lipinski definition) is 2. The van der Waals surface area contributed by atoms with E-state index in [1.807, 2.05) is 43.9 Å². The van der Waals surface area contributed by atoms with Gasteiger partial charge in [0.1, 0.15) is 5.54 Å². The van der Waals surface area contributed by atoms with Crippen LogP contribution in [0.25, 0.3) is 0 Å². The number of piperidine rings is 1. The predicted molar refractivity (Wildman–Crippen MR) is 97.9 cm³/mol. The van der Waals surface area contributed by atoms with Gasteiger partial charge in [0.25, 0.3) is 0 Å². The Kier molecular flexibility index (Phi) is 6.81. The second-order valence-corrected chi connectivity index (χ2v) is 6.50. The highest BCUT2D eigenvalue weighted by atomic mass is 35.5. The molecule has 0 saturated carbocycles. The molecule has 1 fully saturated rings. The van der Waals surface area contributed by atoms with E-state index in [0.717, 1.165) is 29.5 Å².